The molecule has 0 saturated heterocycles. The average molecular weight is 378 g/mol. The fourth-order valence-corrected chi connectivity index (χ4v) is 3.18. The molecule has 3 N–H and O–H groups in total. The molecule has 1 amide bonds. The van der Waals surface area contributed by atoms with Crippen LogP contribution in [0.25, 0.3) is 0 Å². The van der Waals surface area contributed by atoms with Gasteiger partial charge in [0.1, 0.15) is 18.0 Å². The number of nitrogens with zero attached hydrogens (tertiary/aromatic N) is 1. The van der Waals surface area contributed by atoms with E-state index in [-0.39, 0.29) is 5.91 Å². The number of aliphatic imine (C=N–C) groups is 1. The molecule has 130 valence electrons. The summed E-state index contributed by atoms with van der Waals surface area (Å²) in [7, 11) is 0. The zero-order chi connectivity index (χ0) is 18.0. The third-order valence-electron chi connectivity index (χ3n) is 3.94. The maximum absolute atomic E-state index is 12.5. The van der Waals surface area contributed by atoms with E-state index in [0.717, 1.165) is 5.56 Å². The predicted octanol–water partition coefficient (Wildman–Crippen LogP) is 3.85. The zero-order valence-corrected chi connectivity index (χ0v) is 15.1. The molecule has 0 spiro atoms. The van der Waals surface area contributed by atoms with Gasteiger partial charge in [-0.15, -0.1) is 0 Å². The highest BCUT2D eigenvalue weighted by molar-refractivity contribution is 6.37. The summed E-state index contributed by atoms with van der Waals surface area (Å²) in [6, 6.07) is 12.2. The second-order valence-corrected chi connectivity index (χ2v) is 6.87. The highest BCUT2D eigenvalue weighted by Crippen LogP contribution is 2.30. The highest BCUT2D eigenvalue weighted by atomic mass is 35.5. The molecule has 1 atom stereocenters. The SMILES string of the molecule is CC1(c2cccc(NC(=O)c3ccc(Cl)cc3Cl)c2)COCC(N)=N1. The second-order valence-electron chi connectivity index (χ2n) is 6.03. The zero-order valence-electron chi connectivity index (χ0n) is 13.6. The number of rotatable bonds is 3. The Morgan fingerprint density at radius 3 is 2.80 bits per heavy atom. The number of amides is 1. The molecule has 0 aliphatic carbocycles. The second kappa shape index (κ2) is 7.04. The number of nitrogens with one attached hydrogen (secondary N) is 1. The van der Waals surface area contributed by atoms with Crippen LogP contribution in [-0.4, -0.2) is 25.0 Å². The molecule has 0 bridgehead atoms. The number of anilines is 1. The van der Waals surface area contributed by atoms with Crippen LogP contribution in [0, 0.1) is 0 Å². The molecule has 2 aromatic carbocycles. The molecule has 2 aromatic rings. The fraction of sp³-hybridized carbons (Fsp3) is 0.222. The standard InChI is InChI=1S/C18H17Cl2N3O2/c1-18(10-25-9-16(21)23-18)11-3-2-4-13(7-11)22-17(24)14-6-5-12(19)8-15(14)20/h2-8H,9-10H2,1H3,(H2,21,23)(H,22,24). The molecular weight excluding hydrogens is 361 g/mol. The van der Waals surface area contributed by atoms with E-state index >= 15 is 0 Å². The van der Waals surface area contributed by atoms with Gasteiger partial charge in [-0.2, -0.15) is 0 Å². The number of hydrogen-bond acceptors (Lipinski definition) is 4. The van der Waals surface area contributed by atoms with Crippen LogP contribution in [0.4, 0.5) is 5.69 Å². The number of amidine groups is 1. The van der Waals surface area contributed by atoms with E-state index in [9.17, 15) is 4.79 Å². The Hall–Kier alpha value is -2.08. The highest BCUT2D eigenvalue weighted by Gasteiger charge is 2.30. The topological polar surface area (TPSA) is 76.7 Å². The summed E-state index contributed by atoms with van der Waals surface area (Å²) in [6.07, 6.45) is 0. The Balaban J connectivity index is 1.85. The number of carbonyl (C=O) groups is 1. The van der Waals surface area contributed by atoms with E-state index in [0.29, 0.717) is 40.3 Å². The third-order valence-corrected chi connectivity index (χ3v) is 4.49. The lowest BCUT2D eigenvalue weighted by molar-refractivity contribution is 0.102. The Morgan fingerprint density at radius 1 is 1.28 bits per heavy atom. The van der Waals surface area contributed by atoms with Gasteiger partial charge in [0.15, 0.2) is 0 Å². The summed E-state index contributed by atoms with van der Waals surface area (Å²) >= 11 is 12.0. The first-order valence-corrected chi connectivity index (χ1v) is 8.42. The Morgan fingerprint density at radius 2 is 2.08 bits per heavy atom. The van der Waals surface area contributed by atoms with Gasteiger partial charge in [0.05, 0.1) is 17.2 Å². The minimum atomic E-state index is -0.582. The molecule has 25 heavy (non-hydrogen) atoms. The quantitative estimate of drug-likeness (QED) is 0.852. The van der Waals surface area contributed by atoms with E-state index in [1.807, 2.05) is 25.1 Å². The minimum Gasteiger partial charge on any atom is -0.386 e. The summed E-state index contributed by atoms with van der Waals surface area (Å²) in [4.78, 5) is 17.0. The van der Waals surface area contributed by atoms with Crippen molar-refractivity contribution in [2.45, 2.75) is 12.5 Å². The van der Waals surface area contributed by atoms with Crippen LogP contribution < -0.4 is 11.1 Å². The van der Waals surface area contributed by atoms with Crippen LogP contribution in [0.2, 0.25) is 10.0 Å². The van der Waals surface area contributed by atoms with Gasteiger partial charge in [-0.05, 0) is 42.8 Å². The molecule has 1 heterocycles. The van der Waals surface area contributed by atoms with E-state index in [1.54, 1.807) is 18.2 Å². The number of carbonyl (C=O) groups excluding carboxylic acids is 1. The van der Waals surface area contributed by atoms with Gasteiger partial charge in [0, 0.05) is 10.7 Å². The van der Waals surface area contributed by atoms with E-state index in [1.165, 1.54) is 6.07 Å². The maximum Gasteiger partial charge on any atom is 0.257 e. The summed E-state index contributed by atoms with van der Waals surface area (Å²) < 4.78 is 5.50. The van der Waals surface area contributed by atoms with Gasteiger partial charge < -0.3 is 15.8 Å². The van der Waals surface area contributed by atoms with Crippen LogP contribution in [-0.2, 0) is 10.3 Å². The van der Waals surface area contributed by atoms with Crippen molar-refractivity contribution in [1.82, 2.24) is 0 Å². The van der Waals surface area contributed by atoms with Gasteiger partial charge in [0.2, 0.25) is 0 Å². The molecule has 0 fully saturated rings. The predicted molar refractivity (Wildman–Crippen MR) is 101 cm³/mol. The van der Waals surface area contributed by atoms with Gasteiger partial charge >= 0.3 is 0 Å². The summed E-state index contributed by atoms with van der Waals surface area (Å²) in [5, 5.41) is 3.61. The van der Waals surface area contributed by atoms with Crippen molar-refractivity contribution < 1.29 is 9.53 Å². The lowest BCUT2D eigenvalue weighted by Crippen LogP contribution is -2.37. The van der Waals surface area contributed by atoms with Gasteiger partial charge in [-0.3, -0.25) is 9.79 Å². The Bertz CT molecular complexity index is 854. The molecule has 1 unspecified atom stereocenters. The van der Waals surface area contributed by atoms with E-state index in [4.69, 9.17) is 33.7 Å². The normalized spacial score (nSPS) is 20.0. The molecular formula is C18H17Cl2N3O2. The third kappa shape index (κ3) is 3.95. The molecule has 3 rings (SSSR count). The van der Waals surface area contributed by atoms with Crippen LogP contribution in [0.3, 0.4) is 0 Å². The molecule has 0 aromatic heterocycles. The van der Waals surface area contributed by atoms with Crippen molar-refractivity contribution in [3.05, 3.63) is 63.6 Å². The first-order valence-electron chi connectivity index (χ1n) is 7.66. The van der Waals surface area contributed by atoms with Crippen LogP contribution in [0.1, 0.15) is 22.8 Å². The first-order chi connectivity index (χ1) is 11.9. The van der Waals surface area contributed by atoms with Crippen molar-refractivity contribution in [3.63, 3.8) is 0 Å². The largest absolute Gasteiger partial charge is 0.386 e. The molecule has 1 aliphatic rings. The summed E-state index contributed by atoms with van der Waals surface area (Å²) in [6.45, 7) is 2.70. The number of nitrogens with two attached hydrogens (primary N) is 1. The molecule has 1 aliphatic heterocycles. The smallest absolute Gasteiger partial charge is 0.257 e. The maximum atomic E-state index is 12.5. The fourth-order valence-electron chi connectivity index (χ4n) is 2.69. The average Bonchev–Trinajstić information content (AvgIpc) is 2.54. The van der Waals surface area contributed by atoms with Crippen molar-refractivity contribution in [1.29, 1.82) is 0 Å². The van der Waals surface area contributed by atoms with Crippen molar-refractivity contribution >= 4 is 40.6 Å². The molecule has 5 nitrogen and oxygen atoms in total. The van der Waals surface area contributed by atoms with Crippen molar-refractivity contribution in [3.8, 4) is 0 Å². The lowest BCUT2D eigenvalue weighted by Gasteiger charge is -2.30. The van der Waals surface area contributed by atoms with Gasteiger partial charge in [-0.25, -0.2) is 0 Å². The number of hydrogen-bond donors (Lipinski definition) is 2. The summed E-state index contributed by atoms with van der Waals surface area (Å²) in [5.74, 6) is 0.142. The van der Waals surface area contributed by atoms with Crippen LogP contribution in [0.15, 0.2) is 47.5 Å². The Kier molecular flexibility index (Phi) is 4.99. The monoisotopic (exact) mass is 377 g/mol. The molecule has 7 heteroatoms. The molecule has 0 radical (unpaired) electrons. The number of ether oxygens (including phenoxy) is 1. The lowest BCUT2D eigenvalue weighted by atomic mass is 9.92. The van der Waals surface area contributed by atoms with Gasteiger partial charge in [-0.1, -0.05) is 35.3 Å². The molecule has 0 saturated carbocycles. The summed E-state index contributed by atoms with van der Waals surface area (Å²) in [5.41, 5.74) is 7.10. The van der Waals surface area contributed by atoms with Crippen LogP contribution in [0.5, 0.6) is 0 Å². The van der Waals surface area contributed by atoms with Crippen LogP contribution >= 0.6 is 23.2 Å². The van der Waals surface area contributed by atoms with Gasteiger partial charge in [0.25, 0.3) is 5.91 Å². The van der Waals surface area contributed by atoms with Crippen molar-refractivity contribution in [2.75, 3.05) is 18.5 Å². The number of benzene rings is 2. The van der Waals surface area contributed by atoms with E-state index < -0.39 is 5.54 Å². The first kappa shape index (κ1) is 17.7. The van der Waals surface area contributed by atoms with Crippen molar-refractivity contribution in [2.24, 2.45) is 10.7 Å². The minimum absolute atomic E-state index is 0.297. The Labute approximate surface area is 155 Å². The number of halogens is 2. The van der Waals surface area contributed by atoms with E-state index in [2.05, 4.69) is 10.3 Å².